The number of nitrogens with two attached hydrogens (primary N) is 1. The van der Waals surface area contributed by atoms with Crippen LogP contribution in [0.25, 0.3) is 0 Å². The molecule has 1 amide bonds. The third-order valence-corrected chi connectivity index (χ3v) is 4.11. The van der Waals surface area contributed by atoms with Crippen LogP contribution in [0.3, 0.4) is 0 Å². The number of rotatable bonds is 4. The molecule has 5 heteroatoms. The molecule has 110 valence electrons. The predicted molar refractivity (Wildman–Crippen MR) is 81.8 cm³/mol. The van der Waals surface area contributed by atoms with Gasteiger partial charge >= 0.3 is 0 Å². The number of nitrogens with zero attached hydrogens (tertiary/aromatic N) is 2. The summed E-state index contributed by atoms with van der Waals surface area (Å²) >= 11 is 0. The van der Waals surface area contributed by atoms with E-state index in [1.165, 1.54) is 0 Å². The van der Waals surface area contributed by atoms with E-state index < -0.39 is 5.54 Å². The Hall–Kier alpha value is -2.14. The molecule has 21 heavy (non-hydrogen) atoms. The lowest BCUT2D eigenvalue weighted by Crippen LogP contribution is -2.48. The highest BCUT2D eigenvalue weighted by Gasteiger charge is 2.37. The molecule has 1 aliphatic carbocycles. The average Bonchev–Trinajstić information content (AvgIpc) is 3.13. The molecule has 0 radical (unpaired) electrons. The molecule has 3 rings (SSSR count). The zero-order chi connectivity index (χ0) is 14.7. The van der Waals surface area contributed by atoms with Crippen LogP contribution in [-0.2, 0) is 11.3 Å². The Kier molecular flexibility index (Phi) is 3.75. The van der Waals surface area contributed by atoms with Crippen molar-refractivity contribution >= 4 is 11.6 Å². The molecule has 2 aromatic rings. The number of hydrogen-bond acceptors (Lipinski definition) is 3. The summed E-state index contributed by atoms with van der Waals surface area (Å²) in [5.41, 5.74) is 7.34. The minimum Gasteiger partial charge on any atom is -0.324 e. The smallest absolute Gasteiger partial charge is 0.244 e. The predicted octanol–water partition coefficient (Wildman–Crippen LogP) is 2.14. The molecule has 0 aliphatic heterocycles. The third kappa shape index (κ3) is 2.97. The van der Waals surface area contributed by atoms with E-state index in [1.54, 1.807) is 6.20 Å². The van der Waals surface area contributed by atoms with Gasteiger partial charge in [-0.1, -0.05) is 31.0 Å². The van der Waals surface area contributed by atoms with E-state index in [9.17, 15) is 4.79 Å². The van der Waals surface area contributed by atoms with Crippen molar-refractivity contribution in [3.63, 3.8) is 0 Å². The Morgan fingerprint density at radius 1 is 1.29 bits per heavy atom. The number of benzene rings is 1. The van der Waals surface area contributed by atoms with Gasteiger partial charge in [-0.2, -0.15) is 5.10 Å². The van der Waals surface area contributed by atoms with Crippen LogP contribution >= 0.6 is 0 Å². The number of carbonyl (C=O) groups is 1. The third-order valence-electron chi connectivity index (χ3n) is 4.11. The monoisotopic (exact) mass is 284 g/mol. The van der Waals surface area contributed by atoms with Crippen LogP contribution in [0.1, 0.15) is 31.2 Å². The molecule has 0 bridgehead atoms. The number of carbonyl (C=O) groups excluding carboxylic acids is 1. The van der Waals surface area contributed by atoms with Crippen molar-refractivity contribution in [1.29, 1.82) is 0 Å². The first-order valence-corrected chi connectivity index (χ1v) is 7.33. The van der Waals surface area contributed by atoms with Crippen molar-refractivity contribution in [3.8, 4) is 0 Å². The van der Waals surface area contributed by atoms with Crippen LogP contribution in [0.15, 0.2) is 42.7 Å². The van der Waals surface area contributed by atoms with Gasteiger partial charge in [0.2, 0.25) is 5.91 Å². The van der Waals surface area contributed by atoms with Crippen LogP contribution in [0.2, 0.25) is 0 Å². The number of para-hydroxylation sites is 1. The molecule has 0 saturated heterocycles. The summed E-state index contributed by atoms with van der Waals surface area (Å²) in [6, 6.07) is 9.67. The molecule has 0 spiro atoms. The SMILES string of the molecule is NC1(C(=O)Nc2ccccc2Cn2cccn2)CCCC1. The fourth-order valence-corrected chi connectivity index (χ4v) is 2.83. The molecule has 1 aromatic carbocycles. The summed E-state index contributed by atoms with van der Waals surface area (Å²) in [6.07, 6.45) is 7.23. The van der Waals surface area contributed by atoms with E-state index in [0.717, 1.165) is 36.9 Å². The summed E-state index contributed by atoms with van der Waals surface area (Å²) in [7, 11) is 0. The summed E-state index contributed by atoms with van der Waals surface area (Å²) in [5, 5.41) is 7.20. The number of aromatic nitrogens is 2. The second-order valence-corrected chi connectivity index (χ2v) is 5.68. The Morgan fingerprint density at radius 3 is 2.76 bits per heavy atom. The van der Waals surface area contributed by atoms with Gasteiger partial charge in [0.15, 0.2) is 0 Å². The van der Waals surface area contributed by atoms with Crippen molar-refractivity contribution in [2.24, 2.45) is 5.73 Å². The van der Waals surface area contributed by atoms with Gasteiger partial charge in [-0.15, -0.1) is 0 Å². The molecule has 3 N–H and O–H groups in total. The lowest BCUT2D eigenvalue weighted by Gasteiger charge is -2.23. The Labute approximate surface area is 124 Å². The standard InChI is InChI=1S/C16H20N4O/c17-16(8-3-4-9-16)15(21)19-14-7-2-1-6-13(14)12-20-11-5-10-18-20/h1-2,5-7,10-11H,3-4,8-9,12,17H2,(H,19,21). The first-order chi connectivity index (χ1) is 10.2. The van der Waals surface area contributed by atoms with E-state index in [4.69, 9.17) is 5.73 Å². The van der Waals surface area contributed by atoms with Gasteiger partial charge < -0.3 is 11.1 Å². The highest BCUT2D eigenvalue weighted by molar-refractivity contribution is 5.98. The maximum atomic E-state index is 12.4. The lowest BCUT2D eigenvalue weighted by molar-refractivity contribution is -0.121. The summed E-state index contributed by atoms with van der Waals surface area (Å²) in [5.74, 6) is -0.0760. The van der Waals surface area contributed by atoms with Gasteiger partial charge in [-0.05, 0) is 30.5 Å². The Morgan fingerprint density at radius 2 is 2.05 bits per heavy atom. The van der Waals surface area contributed by atoms with E-state index in [0.29, 0.717) is 6.54 Å². The topological polar surface area (TPSA) is 72.9 Å². The molecular formula is C16H20N4O. The molecular weight excluding hydrogens is 264 g/mol. The highest BCUT2D eigenvalue weighted by Crippen LogP contribution is 2.29. The minimum atomic E-state index is -0.710. The van der Waals surface area contributed by atoms with E-state index in [-0.39, 0.29) is 5.91 Å². The van der Waals surface area contributed by atoms with Crippen molar-refractivity contribution in [2.45, 2.75) is 37.8 Å². The molecule has 1 fully saturated rings. The summed E-state index contributed by atoms with van der Waals surface area (Å²) in [6.45, 7) is 0.626. The highest BCUT2D eigenvalue weighted by atomic mass is 16.2. The van der Waals surface area contributed by atoms with E-state index >= 15 is 0 Å². The molecule has 5 nitrogen and oxygen atoms in total. The van der Waals surface area contributed by atoms with Crippen molar-refractivity contribution in [1.82, 2.24) is 9.78 Å². The fraction of sp³-hybridized carbons (Fsp3) is 0.375. The van der Waals surface area contributed by atoms with Crippen molar-refractivity contribution in [3.05, 3.63) is 48.3 Å². The van der Waals surface area contributed by atoms with Gasteiger partial charge in [0.05, 0.1) is 12.1 Å². The van der Waals surface area contributed by atoms with Crippen LogP contribution in [0.4, 0.5) is 5.69 Å². The van der Waals surface area contributed by atoms with Gasteiger partial charge in [0.1, 0.15) is 0 Å². The second kappa shape index (κ2) is 5.69. The molecule has 0 unspecified atom stereocenters. The maximum Gasteiger partial charge on any atom is 0.244 e. The van der Waals surface area contributed by atoms with Gasteiger partial charge in [-0.3, -0.25) is 9.48 Å². The summed E-state index contributed by atoms with van der Waals surface area (Å²) < 4.78 is 1.83. The van der Waals surface area contributed by atoms with Crippen LogP contribution in [0, 0.1) is 0 Å². The van der Waals surface area contributed by atoms with Gasteiger partial charge in [0, 0.05) is 18.1 Å². The molecule has 1 aromatic heterocycles. The number of amides is 1. The minimum absolute atomic E-state index is 0.0760. The summed E-state index contributed by atoms with van der Waals surface area (Å²) in [4.78, 5) is 12.4. The van der Waals surface area contributed by atoms with Crippen LogP contribution in [-0.4, -0.2) is 21.2 Å². The Balaban J connectivity index is 1.77. The van der Waals surface area contributed by atoms with Gasteiger partial charge in [0.25, 0.3) is 0 Å². The fourth-order valence-electron chi connectivity index (χ4n) is 2.83. The van der Waals surface area contributed by atoms with Crippen LogP contribution in [0.5, 0.6) is 0 Å². The molecule has 1 aliphatic rings. The zero-order valence-electron chi connectivity index (χ0n) is 12.0. The molecule has 1 saturated carbocycles. The quantitative estimate of drug-likeness (QED) is 0.903. The zero-order valence-corrected chi connectivity index (χ0v) is 12.0. The first kappa shape index (κ1) is 13.8. The van der Waals surface area contributed by atoms with E-state index in [1.807, 2.05) is 41.2 Å². The normalized spacial score (nSPS) is 16.8. The molecule has 1 heterocycles. The first-order valence-electron chi connectivity index (χ1n) is 7.33. The maximum absolute atomic E-state index is 12.4. The second-order valence-electron chi connectivity index (χ2n) is 5.68. The van der Waals surface area contributed by atoms with Crippen molar-refractivity contribution in [2.75, 3.05) is 5.32 Å². The molecule has 0 atom stereocenters. The average molecular weight is 284 g/mol. The Bertz CT molecular complexity index is 615. The largest absolute Gasteiger partial charge is 0.324 e. The van der Waals surface area contributed by atoms with Gasteiger partial charge in [-0.25, -0.2) is 0 Å². The van der Waals surface area contributed by atoms with Crippen molar-refractivity contribution < 1.29 is 4.79 Å². The number of hydrogen-bond donors (Lipinski definition) is 2. The number of nitrogens with one attached hydrogen (secondary N) is 1. The van der Waals surface area contributed by atoms with E-state index in [2.05, 4.69) is 10.4 Å². The number of anilines is 1. The van der Waals surface area contributed by atoms with Crippen LogP contribution < -0.4 is 11.1 Å². The lowest BCUT2D eigenvalue weighted by atomic mass is 9.98.